The van der Waals surface area contributed by atoms with Crippen molar-refractivity contribution in [2.45, 2.75) is 38.6 Å². The molecule has 0 spiro atoms. The molecule has 2 N–H and O–H groups in total. The van der Waals surface area contributed by atoms with Crippen molar-refractivity contribution in [2.24, 2.45) is 11.7 Å². The van der Waals surface area contributed by atoms with Crippen LogP contribution in [-0.4, -0.2) is 30.2 Å². The number of hydrogen-bond acceptors (Lipinski definition) is 4. The Balaban J connectivity index is 1.81. The van der Waals surface area contributed by atoms with Gasteiger partial charge in [0, 0.05) is 17.5 Å². The number of esters is 1. The Hall–Kier alpha value is -3.54. The van der Waals surface area contributed by atoms with E-state index in [0.717, 1.165) is 66.0 Å². The Morgan fingerprint density at radius 3 is 2.73 bits per heavy atom. The number of rotatable bonds is 6. The van der Waals surface area contributed by atoms with Crippen molar-refractivity contribution in [3.05, 3.63) is 65.3 Å². The van der Waals surface area contributed by atoms with Gasteiger partial charge in [0.2, 0.25) is 5.91 Å². The number of nitrogens with zero attached hydrogens (tertiary/aromatic N) is 1. The number of primary amides is 1. The molecule has 0 radical (unpaired) electrons. The molecule has 170 valence electrons. The van der Waals surface area contributed by atoms with Crippen molar-refractivity contribution >= 4 is 33.7 Å². The van der Waals surface area contributed by atoms with Gasteiger partial charge in [0.1, 0.15) is 5.75 Å². The molecule has 0 fully saturated rings. The standard InChI is InChI=1S/C27H28N2O4/c1-32-23(30)16-33-26-19-11-6-5-10-18(19)14-22-25(26)24-20(27(28)31)12-7-13-21(24)29(22)15-17-8-3-2-4-9-17/h2-4,7-8,12-14,17H,5-6,9-11,15-16H2,1H3,(H2,28,31). The number of methoxy groups -OCH3 is 1. The lowest BCUT2D eigenvalue weighted by Gasteiger charge is -2.22. The smallest absolute Gasteiger partial charge is 0.343 e. The quantitative estimate of drug-likeness (QED) is 0.569. The van der Waals surface area contributed by atoms with Crippen molar-refractivity contribution in [3.63, 3.8) is 0 Å². The number of amides is 1. The first-order chi connectivity index (χ1) is 16.1. The molecular weight excluding hydrogens is 416 g/mol. The van der Waals surface area contributed by atoms with Gasteiger partial charge in [-0.3, -0.25) is 4.79 Å². The van der Waals surface area contributed by atoms with Crippen LogP contribution >= 0.6 is 0 Å². The van der Waals surface area contributed by atoms with E-state index in [0.29, 0.717) is 17.2 Å². The lowest BCUT2D eigenvalue weighted by Crippen LogP contribution is -2.15. The van der Waals surface area contributed by atoms with Crippen molar-refractivity contribution < 1.29 is 19.1 Å². The third kappa shape index (κ3) is 3.80. The zero-order valence-corrected chi connectivity index (χ0v) is 18.8. The summed E-state index contributed by atoms with van der Waals surface area (Å²) in [5.41, 5.74) is 10.6. The molecule has 3 aromatic rings. The Kier molecular flexibility index (Phi) is 5.67. The highest BCUT2D eigenvalue weighted by Gasteiger charge is 2.26. The minimum atomic E-state index is -0.475. The average molecular weight is 445 g/mol. The Bertz CT molecular complexity index is 1320. The third-order valence-electron chi connectivity index (χ3n) is 6.77. The van der Waals surface area contributed by atoms with Crippen LogP contribution in [0.3, 0.4) is 0 Å². The van der Waals surface area contributed by atoms with Gasteiger partial charge in [-0.2, -0.15) is 0 Å². The zero-order valence-electron chi connectivity index (χ0n) is 18.8. The van der Waals surface area contributed by atoms with E-state index in [2.05, 4.69) is 34.9 Å². The summed E-state index contributed by atoms with van der Waals surface area (Å²) in [5.74, 6) is 0.122. The number of aromatic nitrogens is 1. The molecule has 0 saturated carbocycles. The average Bonchev–Trinajstić information content (AvgIpc) is 3.15. The van der Waals surface area contributed by atoms with Crippen LogP contribution in [0.25, 0.3) is 21.8 Å². The lowest BCUT2D eigenvalue weighted by molar-refractivity contribution is -0.142. The Labute approximate surface area is 192 Å². The van der Waals surface area contributed by atoms with Gasteiger partial charge < -0.3 is 19.8 Å². The number of aryl methyl sites for hydroxylation is 1. The molecule has 0 saturated heterocycles. The molecule has 1 amide bonds. The van der Waals surface area contributed by atoms with Gasteiger partial charge in [0.15, 0.2) is 6.61 Å². The lowest BCUT2D eigenvalue weighted by atomic mass is 9.89. The molecule has 2 aromatic carbocycles. The summed E-state index contributed by atoms with van der Waals surface area (Å²) in [6.07, 6.45) is 13.6. The largest absolute Gasteiger partial charge is 0.481 e. The number of allylic oxidation sites excluding steroid dienone is 4. The molecule has 0 aliphatic heterocycles. The van der Waals surface area contributed by atoms with Gasteiger partial charge in [-0.1, -0.05) is 30.4 Å². The fraction of sp³-hybridized carbons (Fsp3) is 0.333. The van der Waals surface area contributed by atoms with Crippen LogP contribution in [0.1, 0.15) is 40.7 Å². The van der Waals surface area contributed by atoms with E-state index in [-0.39, 0.29) is 6.61 Å². The summed E-state index contributed by atoms with van der Waals surface area (Å²) in [4.78, 5) is 24.4. The van der Waals surface area contributed by atoms with Gasteiger partial charge in [-0.25, -0.2) is 4.79 Å². The first-order valence-corrected chi connectivity index (χ1v) is 11.5. The van der Waals surface area contributed by atoms with Crippen molar-refractivity contribution in [3.8, 4) is 5.75 Å². The van der Waals surface area contributed by atoms with Gasteiger partial charge >= 0.3 is 5.97 Å². The van der Waals surface area contributed by atoms with E-state index in [1.165, 1.54) is 12.7 Å². The number of nitrogens with two attached hydrogens (primary N) is 1. The highest BCUT2D eigenvalue weighted by molar-refractivity contribution is 6.20. The maximum absolute atomic E-state index is 12.4. The second-order valence-corrected chi connectivity index (χ2v) is 8.79. The van der Waals surface area contributed by atoms with E-state index in [1.54, 1.807) is 6.07 Å². The van der Waals surface area contributed by atoms with Crippen molar-refractivity contribution in [2.75, 3.05) is 13.7 Å². The molecule has 0 bridgehead atoms. The molecule has 2 aliphatic carbocycles. The summed E-state index contributed by atoms with van der Waals surface area (Å²) in [5, 5.41) is 1.66. The predicted octanol–water partition coefficient (Wildman–Crippen LogP) is 4.46. The molecule has 2 aliphatic rings. The monoisotopic (exact) mass is 444 g/mol. The van der Waals surface area contributed by atoms with E-state index in [4.69, 9.17) is 15.2 Å². The van der Waals surface area contributed by atoms with Crippen LogP contribution in [-0.2, 0) is 28.9 Å². The summed E-state index contributed by atoms with van der Waals surface area (Å²) in [6.45, 7) is 0.599. The highest BCUT2D eigenvalue weighted by atomic mass is 16.6. The predicted molar refractivity (Wildman–Crippen MR) is 129 cm³/mol. The fourth-order valence-electron chi connectivity index (χ4n) is 5.22. The first kappa shape index (κ1) is 21.3. The number of carbonyl (C=O) groups is 2. The SMILES string of the molecule is COC(=O)COc1c2c(cc3c1c1c(C(N)=O)cccc1n3CC1C=CC=CC1)CCCC2. The first-order valence-electron chi connectivity index (χ1n) is 11.5. The Morgan fingerprint density at radius 2 is 1.97 bits per heavy atom. The number of hydrogen-bond donors (Lipinski definition) is 1. The van der Waals surface area contributed by atoms with E-state index in [1.807, 2.05) is 12.1 Å². The van der Waals surface area contributed by atoms with Gasteiger partial charge in [0.25, 0.3) is 0 Å². The highest BCUT2D eigenvalue weighted by Crippen LogP contribution is 2.44. The van der Waals surface area contributed by atoms with E-state index < -0.39 is 11.9 Å². The number of benzene rings is 2. The van der Waals surface area contributed by atoms with Crippen LogP contribution in [0, 0.1) is 5.92 Å². The molecule has 6 nitrogen and oxygen atoms in total. The van der Waals surface area contributed by atoms with Crippen molar-refractivity contribution in [1.82, 2.24) is 4.57 Å². The van der Waals surface area contributed by atoms with Crippen LogP contribution in [0.4, 0.5) is 0 Å². The van der Waals surface area contributed by atoms with Crippen molar-refractivity contribution in [1.29, 1.82) is 0 Å². The van der Waals surface area contributed by atoms with Gasteiger partial charge in [0.05, 0.1) is 23.5 Å². The maximum atomic E-state index is 12.4. The van der Waals surface area contributed by atoms with Crippen LogP contribution in [0.15, 0.2) is 48.6 Å². The van der Waals surface area contributed by atoms with E-state index in [9.17, 15) is 9.59 Å². The minimum absolute atomic E-state index is 0.177. The molecule has 33 heavy (non-hydrogen) atoms. The van der Waals surface area contributed by atoms with Gasteiger partial charge in [-0.15, -0.1) is 0 Å². The van der Waals surface area contributed by atoms with E-state index >= 15 is 0 Å². The third-order valence-corrected chi connectivity index (χ3v) is 6.77. The van der Waals surface area contributed by atoms with Crippen LogP contribution in [0.2, 0.25) is 0 Å². The normalized spacial score (nSPS) is 17.3. The summed E-state index contributed by atoms with van der Waals surface area (Å²) >= 11 is 0. The zero-order chi connectivity index (χ0) is 22.9. The Morgan fingerprint density at radius 1 is 1.12 bits per heavy atom. The molecule has 1 atom stereocenters. The van der Waals surface area contributed by atoms with Gasteiger partial charge in [-0.05, 0) is 67.3 Å². The molecule has 5 rings (SSSR count). The molecule has 1 heterocycles. The fourth-order valence-corrected chi connectivity index (χ4v) is 5.22. The number of ether oxygens (including phenoxy) is 2. The number of fused-ring (bicyclic) bond motifs is 4. The molecule has 1 unspecified atom stereocenters. The second kappa shape index (κ2) is 8.77. The second-order valence-electron chi connectivity index (χ2n) is 8.79. The van der Waals surface area contributed by atoms with Crippen LogP contribution < -0.4 is 10.5 Å². The summed E-state index contributed by atoms with van der Waals surface area (Å²) in [7, 11) is 1.35. The molecule has 6 heteroatoms. The van der Waals surface area contributed by atoms with Crippen LogP contribution in [0.5, 0.6) is 5.75 Å². The maximum Gasteiger partial charge on any atom is 0.343 e. The molecular formula is C27H28N2O4. The minimum Gasteiger partial charge on any atom is -0.481 e. The summed E-state index contributed by atoms with van der Waals surface area (Å²) < 4.78 is 13.3. The molecule has 1 aromatic heterocycles. The topological polar surface area (TPSA) is 83.6 Å². The summed E-state index contributed by atoms with van der Waals surface area (Å²) in [6, 6.07) is 7.93. The number of carbonyl (C=O) groups excluding carboxylic acids is 2.